The predicted molar refractivity (Wildman–Crippen MR) is 95.7 cm³/mol. The Kier molecular flexibility index (Phi) is 7.17. The Bertz CT molecular complexity index is 516. The highest BCUT2D eigenvalue weighted by atomic mass is 32.2. The summed E-state index contributed by atoms with van der Waals surface area (Å²) in [4.78, 5) is 1.36. The summed E-state index contributed by atoms with van der Waals surface area (Å²) in [6.07, 6.45) is 9.78. The smallest absolute Gasteiger partial charge is 0.0277 e. The lowest BCUT2D eigenvalue weighted by atomic mass is 10.1. The van der Waals surface area contributed by atoms with E-state index in [1.165, 1.54) is 36.1 Å². The van der Waals surface area contributed by atoms with E-state index >= 15 is 0 Å². The van der Waals surface area contributed by atoms with Crippen LogP contribution in [0.3, 0.4) is 0 Å². The molecule has 2 aromatic rings. The van der Waals surface area contributed by atoms with Gasteiger partial charge in [-0.1, -0.05) is 86.9 Å². The van der Waals surface area contributed by atoms with Crippen LogP contribution in [0.1, 0.15) is 38.2 Å². The van der Waals surface area contributed by atoms with E-state index in [0.717, 1.165) is 0 Å². The molecule has 0 aliphatic rings. The lowest BCUT2D eigenvalue weighted by Crippen LogP contribution is -1.98. The maximum Gasteiger partial charge on any atom is 0.0277 e. The number of hydrogen-bond donors (Lipinski definition) is 0. The SMILES string of the molecule is CCCCCC(/C=C/c1ccccc1)Sc1ccccc1. The third kappa shape index (κ3) is 6.22. The van der Waals surface area contributed by atoms with Crippen molar-refractivity contribution in [2.24, 2.45) is 0 Å². The zero-order valence-corrected chi connectivity index (χ0v) is 13.6. The first-order valence-corrected chi connectivity index (χ1v) is 8.71. The molecule has 0 nitrogen and oxygen atoms in total. The van der Waals surface area contributed by atoms with Gasteiger partial charge in [-0.15, -0.1) is 11.8 Å². The summed E-state index contributed by atoms with van der Waals surface area (Å²) in [5.41, 5.74) is 1.28. The van der Waals surface area contributed by atoms with E-state index in [-0.39, 0.29) is 0 Å². The van der Waals surface area contributed by atoms with Crippen molar-refractivity contribution in [3.63, 3.8) is 0 Å². The fraction of sp³-hybridized carbons (Fsp3) is 0.300. The van der Waals surface area contributed by atoms with Gasteiger partial charge in [0.05, 0.1) is 0 Å². The molecule has 0 spiro atoms. The second-order valence-corrected chi connectivity index (χ2v) is 6.55. The van der Waals surface area contributed by atoms with E-state index in [9.17, 15) is 0 Å². The fourth-order valence-corrected chi connectivity index (χ4v) is 3.35. The van der Waals surface area contributed by atoms with Crippen molar-refractivity contribution in [3.8, 4) is 0 Å². The molecule has 110 valence electrons. The van der Waals surface area contributed by atoms with E-state index in [0.29, 0.717) is 5.25 Å². The van der Waals surface area contributed by atoms with Gasteiger partial charge in [-0.3, -0.25) is 0 Å². The summed E-state index contributed by atoms with van der Waals surface area (Å²) in [6, 6.07) is 21.3. The molecule has 2 aromatic carbocycles. The van der Waals surface area contributed by atoms with Crippen molar-refractivity contribution >= 4 is 17.8 Å². The van der Waals surface area contributed by atoms with Crippen LogP contribution in [0.15, 0.2) is 71.6 Å². The van der Waals surface area contributed by atoms with Crippen molar-refractivity contribution in [3.05, 3.63) is 72.3 Å². The van der Waals surface area contributed by atoms with Crippen molar-refractivity contribution in [1.82, 2.24) is 0 Å². The van der Waals surface area contributed by atoms with Crippen LogP contribution in [0.4, 0.5) is 0 Å². The maximum absolute atomic E-state index is 2.36. The quantitative estimate of drug-likeness (QED) is 0.399. The number of hydrogen-bond acceptors (Lipinski definition) is 1. The van der Waals surface area contributed by atoms with E-state index < -0.39 is 0 Å². The van der Waals surface area contributed by atoms with Gasteiger partial charge in [-0.2, -0.15) is 0 Å². The van der Waals surface area contributed by atoms with Gasteiger partial charge in [0, 0.05) is 10.1 Å². The molecule has 1 atom stereocenters. The normalized spacial score (nSPS) is 12.6. The molecular formula is C20H24S. The van der Waals surface area contributed by atoms with Crippen molar-refractivity contribution < 1.29 is 0 Å². The largest absolute Gasteiger partial charge is 0.119 e. The van der Waals surface area contributed by atoms with Crippen LogP contribution in [0.25, 0.3) is 6.08 Å². The molecule has 2 rings (SSSR count). The van der Waals surface area contributed by atoms with E-state index in [1.807, 2.05) is 11.8 Å². The maximum atomic E-state index is 2.36. The standard InChI is InChI=1S/C20H24S/c1-2-3-6-13-20(21-19-14-9-5-10-15-19)17-16-18-11-7-4-8-12-18/h4-5,7-12,14-17,20H,2-3,6,13H2,1H3/b17-16+. The molecule has 1 heteroatoms. The van der Waals surface area contributed by atoms with Crippen LogP contribution in [0.2, 0.25) is 0 Å². The average molecular weight is 296 g/mol. The van der Waals surface area contributed by atoms with Gasteiger partial charge < -0.3 is 0 Å². The van der Waals surface area contributed by atoms with Gasteiger partial charge in [0.2, 0.25) is 0 Å². The summed E-state index contributed by atoms with van der Waals surface area (Å²) in [6.45, 7) is 2.26. The Morgan fingerprint density at radius 3 is 2.24 bits per heavy atom. The minimum absolute atomic E-state index is 0.555. The molecule has 1 unspecified atom stereocenters. The summed E-state index contributed by atoms with van der Waals surface area (Å²) in [5, 5.41) is 0.555. The molecular weight excluding hydrogens is 272 g/mol. The lowest BCUT2D eigenvalue weighted by molar-refractivity contribution is 0.681. The Morgan fingerprint density at radius 2 is 1.57 bits per heavy atom. The van der Waals surface area contributed by atoms with Crippen molar-refractivity contribution in [2.75, 3.05) is 0 Å². The molecule has 0 radical (unpaired) electrons. The van der Waals surface area contributed by atoms with E-state index in [2.05, 4.69) is 79.7 Å². The molecule has 0 saturated carbocycles. The zero-order chi connectivity index (χ0) is 14.8. The first-order valence-electron chi connectivity index (χ1n) is 7.83. The third-order valence-electron chi connectivity index (χ3n) is 3.43. The van der Waals surface area contributed by atoms with Crippen LogP contribution in [0, 0.1) is 0 Å². The lowest BCUT2D eigenvalue weighted by Gasteiger charge is -2.12. The van der Waals surface area contributed by atoms with E-state index in [4.69, 9.17) is 0 Å². The van der Waals surface area contributed by atoms with Crippen LogP contribution in [-0.4, -0.2) is 5.25 Å². The van der Waals surface area contributed by atoms with Crippen LogP contribution >= 0.6 is 11.8 Å². The highest BCUT2D eigenvalue weighted by Gasteiger charge is 2.06. The third-order valence-corrected chi connectivity index (χ3v) is 4.67. The second kappa shape index (κ2) is 9.46. The predicted octanol–water partition coefficient (Wildman–Crippen LogP) is 6.44. The zero-order valence-electron chi connectivity index (χ0n) is 12.7. The minimum Gasteiger partial charge on any atom is -0.119 e. The molecule has 0 heterocycles. The Balaban J connectivity index is 1.99. The fourth-order valence-electron chi connectivity index (χ4n) is 2.25. The van der Waals surface area contributed by atoms with Gasteiger partial charge in [0.25, 0.3) is 0 Å². The number of rotatable bonds is 8. The van der Waals surface area contributed by atoms with Gasteiger partial charge in [0.15, 0.2) is 0 Å². The molecule has 0 fully saturated rings. The molecule has 21 heavy (non-hydrogen) atoms. The molecule has 0 aliphatic heterocycles. The molecule has 0 amide bonds. The topological polar surface area (TPSA) is 0 Å². The summed E-state index contributed by atoms with van der Waals surface area (Å²) in [7, 11) is 0. The number of thioether (sulfide) groups is 1. The summed E-state index contributed by atoms with van der Waals surface area (Å²) < 4.78 is 0. The highest BCUT2D eigenvalue weighted by Crippen LogP contribution is 2.28. The van der Waals surface area contributed by atoms with Crippen molar-refractivity contribution in [2.45, 2.75) is 42.8 Å². The molecule has 0 aromatic heterocycles. The first kappa shape index (κ1) is 15.9. The van der Waals surface area contributed by atoms with Crippen LogP contribution < -0.4 is 0 Å². The monoisotopic (exact) mass is 296 g/mol. The summed E-state index contributed by atoms with van der Waals surface area (Å²) in [5.74, 6) is 0. The van der Waals surface area contributed by atoms with Gasteiger partial charge in [0.1, 0.15) is 0 Å². The Morgan fingerprint density at radius 1 is 0.905 bits per heavy atom. The minimum atomic E-state index is 0.555. The first-order chi connectivity index (χ1) is 10.4. The highest BCUT2D eigenvalue weighted by molar-refractivity contribution is 8.00. The van der Waals surface area contributed by atoms with E-state index in [1.54, 1.807) is 0 Å². The van der Waals surface area contributed by atoms with Gasteiger partial charge >= 0.3 is 0 Å². The number of benzene rings is 2. The van der Waals surface area contributed by atoms with Gasteiger partial charge in [-0.05, 0) is 24.1 Å². The second-order valence-electron chi connectivity index (χ2n) is 5.23. The molecule has 0 saturated heterocycles. The van der Waals surface area contributed by atoms with Crippen LogP contribution in [-0.2, 0) is 0 Å². The Hall–Kier alpha value is -1.47. The average Bonchev–Trinajstić information content (AvgIpc) is 2.54. The van der Waals surface area contributed by atoms with Gasteiger partial charge in [-0.25, -0.2) is 0 Å². The molecule has 0 N–H and O–H groups in total. The summed E-state index contributed by atoms with van der Waals surface area (Å²) >= 11 is 1.97. The van der Waals surface area contributed by atoms with Crippen LogP contribution in [0.5, 0.6) is 0 Å². The molecule has 0 aliphatic carbocycles. The van der Waals surface area contributed by atoms with Crippen molar-refractivity contribution in [1.29, 1.82) is 0 Å². The molecule has 0 bridgehead atoms. The Labute approximate surface area is 133 Å². The number of unbranched alkanes of at least 4 members (excludes halogenated alkanes) is 2.